The van der Waals surface area contributed by atoms with Crippen LogP contribution in [-0.2, 0) is 23.4 Å². The molecule has 0 aliphatic rings. The summed E-state index contributed by atoms with van der Waals surface area (Å²) < 4.78 is 43.9. The molecule has 0 aliphatic carbocycles. The van der Waals surface area contributed by atoms with E-state index in [-0.39, 0.29) is 13.1 Å². The van der Waals surface area contributed by atoms with Crippen LogP contribution in [0.2, 0.25) is 0 Å². The average molecular weight is 442 g/mol. The summed E-state index contributed by atoms with van der Waals surface area (Å²) in [4.78, 5) is 0. The summed E-state index contributed by atoms with van der Waals surface area (Å²) in [6.07, 6.45) is 0. The molecular formula is C24H27NO5S. The molecule has 7 heteroatoms. The Labute approximate surface area is 184 Å². The minimum Gasteiger partial charge on any atom is -0.497 e. The largest absolute Gasteiger partial charge is 0.497 e. The summed E-state index contributed by atoms with van der Waals surface area (Å²) in [5.74, 6) is 1.78. The van der Waals surface area contributed by atoms with Crippen molar-refractivity contribution in [3.63, 3.8) is 0 Å². The van der Waals surface area contributed by atoms with E-state index < -0.39 is 10.3 Å². The average Bonchev–Trinajstić information content (AvgIpc) is 2.77. The molecule has 0 atom stereocenters. The Kier molecular flexibility index (Phi) is 7.20. The van der Waals surface area contributed by atoms with E-state index in [1.54, 1.807) is 38.5 Å². The standard InChI is InChI=1S/C24H27NO5S/c1-18-6-5-7-19(2)24(18)30-31(26,27)25(16-20-8-12-22(28-3)13-9-20)17-21-10-14-23(29-4)15-11-21/h5-15H,16-17H2,1-4H3. The van der Waals surface area contributed by atoms with Gasteiger partial charge >= 0.3 is 10.3 Å². The van der Waals surface area contributed by atoms with Gasteiger partial charge in [0.25, 0.3) is 0 Å². The SMILES string of the molecule is COc1ccc(CN(Cc2ccc(OC)cc2)S(=O)(=O)Oc2c(C)cccc2C)cc1. The van der Waals surface area contributed by atoms with Gasteiger partial charge in [-0.25, -0.2) is 0 Å². The van der Waals surface area contributed by atoms with Crippen molar-refractivity contribution in [2.24, 2.45) is 0 Å². The predicted molar refractivity (Wildman–Crippen MR) is 121 cm³/mol. The lowest BCUT2D eigenvalue weighted by Gasteiger charge is -2.23. The molecule has 0 radical (unpaired) electrons. The van der Waals surface area contributed by atoms with Crippen molar-refractivity contribution < 1.29 is 22.1 Å². The lowest BCUT2D eigenvalue weighted by molar-refractivity contribution is 0.344. The minimum absolute atomic E-state index is 0.156. The molecule has 6 nitrogen and oxygen atoms in total. The molecule has 3 rings (SSSR count). The summed E-state index contributed by atoms with van der Waals surface area (Å²) in [7, 11) is -0.895. The fourth-order valence-corrected chi connectivity index (χ4v) is 4.37. The molecule has 0 unspecified atom stereocenters. The lowest BCUT2D eigenvalue weighted by atomic mass is 10.1. The first-order valence-corrected chi connectivity index (χ1v) is 11.2. The molecule has 0 aliphatic heterocycles. The molecular weight excluding hydrogens is 414 g/mol. The van der Waals surface area contributed by atoms with Crippen LogP contribution in [0.15, 0.2) is 66.7 Å². The number of ether oxygens (including phenoxy) is 2. The molecule has 0 N–H and O–H groups in total. The smallest absolute Gasteiger partial charge is 0.385 e. The van der Waals surface area contributed by atoms with Crippen molar-refractivity contribution >= 4 is 10.3 Å². The molecule has 3 aromatic rings. The van der Waals surface area contributed by atoms with Gasteiger partial charge in [-0.1, -0.05) is 42.5 Å². The van der Waals surface area contributed by atoms with Gasteiger partial charge in [0.1, 0.15) is 17.2 Å². The lowest BCUT2D eigenvalue weighted by Crippen LogP contribution is -2.34. The Hall–Kier alpha value is -3.03. The molecule has 0 bridgehead atoms. The number of hydrogen-bond donors (Lipinski definition) is 0. The van der Waals surface area contributed by atoms with E-state index in [1.165, 1.54) is 4.31 Å². The molecule has 0 spiro atoms. The van der Waals surface area contributed by atoms with Gasteiger partial charge in [-0.3, -0.25) is 0 Å². The predicted octanol–water partition coefficient (Wildman–Crippen LogP) is 4.65. The van der Waals surface area contributed by atoms with Crippen LogP contribution < -0.4 is 13.7 Å². The van der Waals surface area contributed by atoms with E-state index in [0.29, 0.717) is 17.2 Å². The quantitative estimate of drug-likeness (QED) is 0.484. The number of rotatable bonds is 9. The van der Waals surface area contributed by atoms with Crippen molar-refractivity contribution in [2.75, 3.05) is 14.2 Å². The fraction of sp³-hybridized carbons (Fsp3) is 0.250. The minimum atomic E-state index is -4.08. The third kappa shape index (κ3) is 5.77. The Morgan fingerprint density at radius 3 is 1.52 bits per heavy atom. The maximum atomic E-state index is 13.3. The second kappa shape index (κ2) is 9.85. The zero-order chi connectivity index (χ0) is 22.4. The Morgan fingerprint density at radius 1 is 0.710 bits per heavy atom. The number of benzene rings is 3. The first kappa shape index (κ1) is 22.7. The van der Waals surface area contributed by atoms with Gasteiger partial charge < -0.3 is 13.7 Å². The zero-order valence-electron chi connectivity index (χ0n) is 18.2. The summed E-state index contributed by atoms with van der Waals surface area (Å²) in [6.45, 7) is 3.97. The molecule has 3 aromatic carbocycles. The molecule has 0 amide bonds. The first-order chi connectivity index (χ1) is 14.8. The number of aryl methyl sites for hydroxylation is 2. The highest BCUT2D eigenvalue weighted by Crippen LogP contribution is 2.27. The maximum Gasteiger partial charge on any atom is 0.385 e. The van der Waals surface area contributed by atoms with Crippen LogP contribution in [0.1, 0.15) is 22.3 Å². The second-order valence-electron chi connectivity index (χ2n) is 7.23. The normalized spacial score (nSPS) is 11.4. The van der Waals surface area contributed by atoms with E-state index in [1.807, 2.05) is 56.3 Å². The van der Waals surface area contributed by atoms with Crippen molar-refractivity contribution in [3.05, 3.63) is 89.0 Å². The van der Waals surface area contributed by atoms with Crippen molar-refractivity contribution in [2.45, 2.75) is 26.9 Å². The highest BCUT2D eigenvalue weighted by atomic mass is 32.2. The number of para-hydroxylation sites is 1. The second-order valence-corrected chi connectivity index (χ2v) is 8.76. The van der Waals surface area contributed by atoms with Crippen LogP contribution in [-0.4, -0.2) is 26.9 Å². The van der Waals surface area contributed by atoms with Gasteiger partial charge in [0, 0.05) is 13.1 Å². The third-order valence-electron chi connectivity index (χ3n) is 4.95. The molecule has 0 fully saturated rings. The number of hydrogen-bond acceptors (Lipinski definition) is 5. The highest BCUT2D eigenvalue weighted by Gasteiger charge is 2.26. The Morgan fingerprint density at radius 2 is 1.13 bits per heavy atom. The summed E-state index contributed by atoms with van der Waals surface area (Å²) in [5.41, 5.74) is 3.17. The fourth-order valence-electron chi connectivity index (χ4n) is 3.17. The molecule has 0 aromatic heterocycles. The van der Waals surface area contributed by atoms with E-state index in [0.717, 1.165) is 22.3 Å². The van der Waals surface area contributed by atoms with Crippen LogP contribution >= 0.6 is 0 Å². The Bertz CT molecular complexity index is 1040. The van der Waals surface area contributed by atoms with Crippen LogP contribution in [0.4, 0.5) is 0 Å². The van der Waals surface area contributed by atoms with Crippen molar-refractivity contribution in [1.29, 1.82) is 0 Å². The maximum absolute atomic E-state index is 13.3. The molecule has 0 saturated carbocycles. The van der Waals surface area contributed by atoms with Gasteiger partial charge in [0.05, 0.1) is 14.2 Å². The summed E-state index contributed by atoms with van der Waals surface area (Å²) in [5, 5.41) is 0. The zero-order valence-corrected chi connectivity index (χ0v) is 19.0. The Balaban J connectivity index is 1.92. The topological polar surface area (TPSA) is 65.1 Å². The third-order valence-corrected chi connectivity index (χ3v) is 6.22. The van der Waals surface area contributed by atoms with E-state index in [9.17, 15) is 8.42 Å². The molecule has 0 saturated heterocycles. The van der Waals surface area contributed by atoms with Gasteiger partial charge in [0.15, 0.2) is 0 Å². The van der Waals surface area contributed by atoms with Gasteiger partial charge in [-0.2, -0.15) is 12.7 Å². The summed E-state index contributed by atoms with van der Waals surface area (Å²) in [6, 6.07) is 20.1. The van der Waals surface area contributed by atoms with E-state index in [2.05, 4.69) is 0 Å². The van der Waals surface area contributed by atoms with Gasteiger partial charge in [0.2, 0.25) is 0 Å². The monoisotopic (exact) mass is 441 g/mol. The van der Waals surface area contributed by atoms with Gasteiger partial charge in [-0.05, 0) is 60.4 Å². The van der Waals surface area contributed by atoms with Crippen LogP contribution in [0.3, 0.4) is 0 Å². The molecule has 164 valence electrons. The highest BCUT2D eigenvalue weighted by molar-refractivity contribution is 7.84. The van der Waals surface area contributed by atoms with Crippen LogP contribution in [0.5, 0.6) is 17.2 Å². The van der Waals surface area contributed by atoms with Crippen LogP contribution in [0, 0.1) is 13.8 Å². The number of methoxy groups -OCH3 is 2. The van der Waals surface area contributed by atoms with Crippen molar-refractivity contribution in [1.82, 2.24) is 4.31 Å². The first-order valence-electron chi connectivity index (χ1n) is 9.84. The summed E-state index contributed by atoms with van der Waals surface area (Å²) >= 11 is 0. The van der Waals surface area contributed by atoms with Crippen molar-refractivity contribution in [3.8, 4) is 17.2 Å². The van der Waals surface area contributed by atoms with Gasteiger partial charge in [-0.15, -0.1) is 0 Å². The molecule has 31 heavy (non-hydrogen) atoms. The number of nitrogens with zero attached hydrogens (tertiary/aromatic N) is 1. The van der Waals surface area contributed by atoms with Crippen LogP contribution in [0.25, 0.3) is 0 Å². The van der Waals surface area contributed by atoms with E-state index in [4.69, 9.17) is 13.7 Å². The molecule has 0 heterocycles. The van der Waals surface area contributed by atoms with E-state index >= 15 is 0 Å².